The standard InChI is InChI=1S/C29H29Cl2N3O3/c1-37-14-13-34(29(36)23-15-24(30)17-25(31)16-23)20-28(35)33(19-21-7-3-2-4-8-21)12-11-22-18-32-27-10-6-5-9-26(22)27/h2-10,15-18,32H,11-14,19-20H2,1H3. The summed E-state index contributed by atoms with van der Waals surface area (Å²) in [5, 5.41) is 1.86. The van der Waals surface area contributed by atoms with Gasteiger partial charge in [0.1, 0.15) is 6.54 Å². The Kier molecular flexibility index (Phi) is 9.23. The third kappa shape index (κ3) is 7.13. The Morgan fingerprint density at radius 3 is 2.32 bits per heavy atom. The minimum absolute atomic E-state index is 0.0902. The first kappa shape index (κ1) is 26.7. The van der Waals surface area contributed by atoms with E-state index in [9.17, 15) is 9.59 Å². The minimum atomic E-state index is -0.328. The summed E-state index contributed by atoms with van der Waals surface area (Å²) in [5.74, 6) is -0.479. The maximum absolute atomic E-state index is 13.6. The van der Waals surface area contributed by atoms with Gasteiger partial charge >= 0.3 is 0 Å². The van der Waals surface area contributed by atoms with Gasteiger partial charge in [-0.05, 0) is 41.8 Å². The average Bonchev–Trinajstić information content (AvgIpc) is 3.31. The Morgan fingerprint density at radius 1 is 0.892 bits per heavy atom. The number of ether oxygens (including phenoxy) is 1. The lowest BCUT2D eigenvalue weighted by molar-refractivity contribution is -0.132. The highest BCUT2D eigenvalue weighted by Crippen LogP contribution is 2.21. The molecule has 0 aliphatic rings. The van der Waals surface area contributed by atoms with Crippen molar-refractivity contribution in [2.45, 2.75) is 13.0 Å². The van der Waals surface area contributed by atoms with E-state index in [0.29, 0.717) is 41.7 Å². The van der Waals surface area contributed by atoms with Gasteiger partial charge in [0.05, 0.1) is 6.61 Å². The van der Waals surface area contributed by atoms with Crippen molar-refractivity contribution in [2.24, 2.45) is 0 Å². The van der Waals surface area contributed by atoms with Crippen LogP contribution in [0.15, 0.2) is 79.0 Å². The molecule has 4 rings (SSSR count). The van der Waals surface area contributed by atoms with E-state index >= 15 is 0 Å². The highest BCUT2D eigenvalue weighted by atomic mass is 35.5. The summed E-state index contributed by atoms with van der Waals surface area (Å²) in [6.45, 7) is 1.41. The average molecular weight is 538 g/mol. The van der Waals surface area contributed by atoms with Crippen molar-refractivity contribution in [2.75, 3.05) is 33.4 Å². The van der Waals surface area contributed by atoms with E-state index in [2.05, 4.69) is 11.1 Å². The molecule has 192 valence electrons. The number of nitrogens with zero attached hydrogens (tertiary/aromatic N) is 2. The first-order valence-corrected chi connectivity index (χ1v) is 12.8. The number of carbonyl (C=O) groups excluding carboxylic acids is 2. The number of rotatable bonds is 11. The molecule has 1 N–H and O–H groups in total. The van der Waals surface area contributed by atoms with Gasteiger partial charge in [0.25, 0.3) is 5.91 Å². The largest absolute Gasteiger partial charge is 0.383 e. The van der Waals surface area contributed by atoms with Crippen LogP contribution in [-0.4, -0.2) is 59.9 Å². The molecule has 0 radical (unpaired) electrons. The number of para-hydroxylation sites is 1. The molecule has 4 aromatic rings. The second-order valence-corrected chi connectivity index (χ2v) is 9.66. The van der Waals surface area contributed by atoms with Crippen molar-refractivity contribution < 1.29 is 14.3 Å². The smallest absolute Gasteiger partial charge is 0.254 e. The zero-order valence-electron chi connectivity index (χ0n) is 20.6. The van der Waals surface area contributed by atoms with Crippen LogP contribution in [0.1, 0.15) is 21.5 Å². The lowest BCUT2D eigenvalue weighted by Crippen LogP contribution is -2.44. The van der Waals surface area contributed by atoms with Crippen molar-refractivity contribution in [1.82, 2.24) is 14.8 Å². The topological polar surface area (TPSA) is 65.6 Å². The van der Waals surface area contributed by atoms with Crippen molar-refractivity contribution in [3.8, 4) is 0 Å². The number of nitrogens with one attached hydrogen (secondary N) is 1. The van der Waals surface area contributed by atoms with Crippen molar-refractivity contribution in [3.63, 3.8) is 0 Å². The molecule has 1 aromatic heterocycles. The number of H-pyrrole nitrogens is 1. The van der Waals surface area contributed by atoms with Crippen LogP contribution in [0, 0.1) is 0 Å². The fourth-order valence-electron chi connectivity index (χ4n) is 4.27. The van der Waals surface area contributed by atoms with Gasteiger partial charge in [0.15, 0.2) is 0 Å². The fourth-order valence-corrected chi connectivity index (χ4v) is 4.79. The first-order valence-electron chi connectivity index (χ1n) is 12.1. The van der Waals surface area contributed by atoms with E-state index in [0.717, 1.165) is 22.0 Å². The van der Waals surface area contributed by atoms with Gasteiger partial charge in [0, 0.05) is 59.5 Å². The SMILES string of the molecule is COCCN(CC(=O)N(CCc1c[nH]c2ccccc12)Cc1ccccc1)C(=O)c1cc(Cl)cc(Cl)c1. The molecule has 0 aliphatic heterocycles. The Hall–Kier alpha value is -3.32. The first-order chi connectivity index (χ1) is 17.9. The van der Waals surface area contributed by atoms with Crippen LogP contribution in [0.25, 0.3) is 10.9 Å². The molecule has 8 heteroatoms. The second-order valence-electron chi connectivity index (χ2n) is 8.79. The van der Waals surface area contributed by atoms with Crippen molar-refractivity contribution >= 4 is 45.9 Å². The van der Waals surface area contributed by atoms with E-state index in [1.54, 1.807) is 30.2 Å². The monoisotopic (exact) mass is 537 g/mol. The Morgan fingerprint density at radius 2 is 1.59 bits per heavy atom. The molecule has 0 aliphatic carbocycles. The summed E-state index contributed by atoms with van der Waals surface area (Å²) in [7, 11) is 1.56. The summed E-state index contributed by atoms with van der Waals surface area (Å²) < 4.78 is 5.21. The normalized spacial score (nSPS) is 11.0. The number of methoxy groups -OCH3 is 1. The number of aromatic amines is 1. The van der Waals surface area contributed by atoms with E-state index < -0.39 is 0 Å². The number of hydrogen-bond donors (Lipinski definition) is 1. The Bertz CT molecular complexity index is 1340. The van der Waals surface area contributed by atoms with Gasteiger partial charge in [-0.3, -0.25) is 9.59 Å². The van der Waals surface area contributed by atoms with E-state index in [4.69, 9.17) is 27.9 Å². The quantitative estimate of drug-likeness (QED) is 0.261. The minimum Gasteiger partial charge on any atom is -0.383 e. The molecule has 2 amide bonds. The lowest BCUT2D eigenvalue weighted by Gasteiger charge is -2.28. The molecule has 0 bridgehead atoms. The number of carbonyl (C=O) groups is 2. The molecule has 37 heavy (non-hydrogen) atoms. The second kappa shape index (κ2) is 12.8. The van der Waals surface area contributed by atoms with Crippen LogP contribution >= 0.6 is 23.2 Å². The third-order valence-corrected chi connectivity index (χ3v) is 6.62. The zero-order chi connectivity index (χ0) is 26.2. The summed E-state index contributed by atoms with van der Waals surface area (Å²) in [6.07, 6.45) is 2.67. The number of fused-ring (bicyclic) bond motifs is 1. The molecule has 3 aromatic carbocycles. The van der Waals surface area contributed by atoms with Crippen LogP contribution in [-0.2, 0) is 22.5 Å². The zero-order valence-corrected chi connectivity index (χ0v) is 22.1. The van der Waals surface area contributed by atoms with Crippen LogP contribution in [0.2, 0.25) is 10.0 Å². The predicted octanol–water partition coefficient (Wildman–Crippen LogP) is 5.83. The molecular weight excluding hydrogens is 509 g/mol. The van der Waals surface area contributed by atoms with Gasteiger partial charge in [-0.2, -0.15) is 0 Å². The van der Waals surface area contributed by atoms with Crippen LogP contribution < -0.4 is 0 Å². The number of benzene rings is 3. The maximum atomic E-state index is 13.6. The summed E-state index contributed by atoms with van der Waals surface area (Å²) in [4.78, 5) is 33.6. The summed E-state index contributed by atoms with van der Waals surface area (Å²) in [5.41, 5.74) is 3.55. The maximum Gasteiger partial charge on any atom is 0.254 e. The van der Waals surface area contributed by atoms with Gasteiger partial charge in [-0.25, -0.2) is 0 Å². The third-order valence-electron chi connectivity index (χ3n) is 6.18. The van der Waals surface area contributed by atoms with Crippen molar-refractivity contribution in [1.29, 1.82) is 0 Å². The number of halogens is 2. The van der Waals surface area contributed by atoms with E-state index in [1.165, 1.54) is 4.90 Å². The molecular formula is C29H29Cl2N3O3. The van der Waals surface area contributed by atoms with Gasteiger partial charge < -0.3 is 19.5 Å². The van der Waals surface area contributed by atoms with Crippen LogP contribution in [0.3, 0.4) is 0 Å². The predicted molar refractivity (Wildman–Crippen MR) is 148 cm³/mol. The van der Waals surface area contributed by atoms with E-state index in [-0.39, 0.29) is 24.9 Å². The number of aromatic nitrogens is 1. The van der Waals surface area contributed by atoms with Crippen molar-refractivity contribution in [3.05, 3.63) is 106 Å². The number of hydrogen-bond acceptors (Lipinski definition) is 3. The molecule has 6 nitrogen and oxygen atoms in total. The molecule has 0 atom stereocenters. The van der Waals surface area contributed by atoms with Gasteiger partial charge in [-0.15, -0.1) is 0 Å². The summed E-state index contributed by atoms with van der Waals surface area (Å²) in [6, 6.07) is 22.6. The Balaban J connectivity index is 1.54. The van der Waals surface area contributed by atoms with Crippen LogP contribution in [0.5, 0.6) is 0 Å². The molecule has 0 saturated carbocycles. The molecule has 0 spiro atoms. The highest BCUT2D eigenvalue weighted by Gasteiger charge is 2.23. The Labute approximate surface area is 226 Å². The fraction of sp³-hybridized carbons (Fsp3) is 0.241. The number of amides is 2. The van der Waals surface area contributed by atoms with Gasteiger partial charge in [-0.1, -0.05) is 71.7 Å². The lowest BCUT2D eigenvalue weighted by atomic mass is 10.1. The van der Waals surface area contributed by atoms with E-state index in [1.807, 2.05) is 54.7 Å². The van der Waals surface area contributed by atoms with Gasteiger partial charge in [0.2, 0.25) is 5.91 Å². The molecule has 0 fully saturated rings. The molecule has 1 heterocycles. The summed E-state index contributed by atoms with van der Waals surface area (Å²) >= 11 is 12.2. The highest BCUT2D eigenvalue weighted by molar-refractivity contribution is 6.35. The molecule has 0 saturated heterocycles. The van der Waals surface area contributed by atoms with Crippen LogP contribution in [0.4, 0.5) is 0 Å². The molecule has 0 unspecified atom stereocenters.